The molecule has 29 heavy (non-hydrogen) atoms. The Labute approximate surface area is 172 Å². The molecule has 0 spiro atoms. The molecule has 0 aliphatic carbocycles. The minimum atomic E-state index is -0.475. The maximum absolute atomic E-state index is 12.3. The van der Waals surface area contributed by atoms with Crippen molar-refractivity contribution in [1.82, 2.24) is 5.32 Å². The van der Waals surface area contributed by atoms with Crippen molar-refractivity contribution < 1.29 is 28.5 Å². The van der Waals surface area contributed by atoms with Crippen LogP contribution in [0.1, 0.15) is 5.56 Å². The number of halogens is 1. The van der Waals surface area contributed by atoms with E-state index in [2.05, 4.69) is 5.32 Å². The van der Waals surface area contributed by atoms with Crippen molar-refractivity contribution in [3.05, 3.63) is 53.1 Å². The molecule has 0 aromatic heterocycles. The van der Waals surface area contributed by atoms with Crippen LogP contribution in [0.3, 0.4) is 0 Å². The average molecular weight is 418 g/mol. The highest BCUT2D eigenvalue weighted by atomic mass is 35.5. The minimum absolute atomic E-state index is 0.210. The summed E-state index contributed by atoms with van der Waals surface area (Å²) >= 11 is 5.99. The molecule has 0 bridgehead atoms. The minimum Gasteiger partial charge on any atom is -0.492 e. The molecule has 7 nitrogen and oxygen atoms in total. The van der Waals surface area contributed by atoms with E-state index in [0.29, 0.717) is 35.3 Å². The molecular formula is C21H20ClNO6. The van der Waals surface area contributed by atoms with Gasteiger partial charge in [0, 0.05) is 5.02 Å². The SMILES string of the molecule is O=C(COC(=O)[C@@H]1COc2ccc(Cl)cc2C1)NC[C@H]1COc2ccccc2O1. The van der Waals surface area contributed by atoms with Crippen molar-refractivity contribution in [2.75, 3.05) is 26.4 Å². The number of nitrogens with one attached hydrogen (secondary N) is 1. The molecule has 8 heteroatoms. The number of hydrogen-bond acceptors (Lipinski definition) is 6. The lowest BCUT2D eigenvalue weighted by Crippen LogP contribution is -2.42. The van der Waals surface area contributed by atoms with Gasteiger partial charge >= 0.3 is 5.97 Å². The van der Waals surface area contributed by atoms with Crippen LogP contribution >= 0.6 is 11.6 Å². The molecule has 0 saturated carbocycles. The van der Waals surface area contributed by atoms with Gasteiger partial charge in [-0.2, -0.15) is 0 Å². The monoisotopic (exact) mass is 417 g/mol. The Morgan fingerprint density at radius 2 is 1.86 bits per heavy atom. The smallest absolute Gasteiger partial charge is 0.313 e. The molecule has 152 valence electrons. The van der Waals surface area contributed by atoms with Crippen LogP contribution in [0.15, 0.2) is 42.5 Å². The predicted molar refractivity (Wildman–Crippen MR) is 104 cm³/mol. The Morgan fingerprint density at radius 3 is 2.72 bits per heavy atom. The third kappa shape index (κ3) is 4.74. The quantitative estimate of drug-likeness (QED) is 0.752. The van der Waals surface area contributed by atoms with Crippen LogP contribution in [0.2, 0.25) is 5.02 Å². The lowest BCUT2D eigenvalue weighted by molar-refractivity contribution is -0.154. The molecule has 2 heterocycles. The summed E-state index contributed by atoms with van der Waals surface area (Å²) in [6.07, 6.45) is 0.153. The van der Waals surface area contributed by atoms with Crippen LogP contribution in [0.4, 0.5) is 0 Å². The van der Waals surface area contributed by atoms with Gasteiger partial charge in [-0.3, -0.25) is 9.59 Å². The summed E-state index contributed by atoms with van der Waals surface area (Å²) < 4.78 is 22.1. The van der Waals surface area contributed by atoms with Gasteiger partial charge in [-0.15, -0.1) is 0 Å². The highest BCUT2D eigenvalue weighted by Crippen LogP contribution is 2.31. The van der Waals surface area contributed by atoms with E-state index in [0.717, 1.165) is 5.56 Å². The summed E-state index contributed by atoms with van der Waals surface area (Å²) in [7, 11) is 0. The van der Waals surface area contributed by atoms with Crippen LogP contribution in [0, 0.1) is 5.92 Å². The number of carbonyl (C=O) groups excluding carboxylic acids is 2. The number of rotatable bonds is 5. The molecule has 2 aliphatic rings. The van der Waals surface area contributed by atoms with Crippen molar-refractivity contribution in [3.8, 4) is 17.2 Å². The number of para-hydroxylation sites is 2. The maximum Gasteiger partial charge on any atom is 0.313 e. The Kier molecular flexibility index (Phi) is 5.76. The standard InChI is InChI=1S/C21H20ClNO6/c22-15-5-6-17-13(8-15)7-14(10-26-17)21(25)28-12-20(24)23-9-16-11-27-18-3-1-2-4-19(18)29-16/h1-6,8,14,16H,7,9-12H2,(H,23,24)/t14-,16-/m0/s1. The molecule has 2 aromatic rings. The molecule has 2 aromatic carbocycles. The summed E-state index contributed by atoms with van der Waals surface area (Å²) in [5, 5.41) is 3.28. The summed E-state index contributed by atoms with van der Waals surface area (Å²) in [6.45, 7) is 0.436. The van der Waals surface area contributed by atoms with E-state index in [4.69, 9.17) is 30.5 Å². The molecule has 0 unspecified atom stereocenters. The van der Waals surface area contributed by atoms with Gasteiger partial charge in [0.25, 0.3) is 5.91 Å². The van der Waals surface area contributed by atoms with Crippen molar-refractivity contribution >= 4 is 23.5 Å². The Bertz CT molecular complexity index is 918. The van der Waals surface area contributed by atoms with Crippen LogP contribution in [-0.2, 0) is 20.7 Å². The maximum atomic E-state index is 12.3. The van der Waals surface area contributed by atoms with Crippen LogP contribution < -0.4 is 19.5 Å². The van der Waals surface area contributed by atoms with Gasteiger partial charge in [0.15, 0.2) is 18.1 Å². The van der Waals surface area contributed by atoms with Crippen molar-refractivity contribution in [2.45, 2.75) is 12.5 Å². The number of amides is 1. The van der Waals surface area contributed by atoms with Gasteiger partial charge in [-0.25, -0.2) is 0 Å². The van der Waals surface area contributed by atoms with E-state index in [1.165, 1.54) is 0 Å². The average Bonchev–Trinajstić information content (AvgIpc) is 2.75. The number of ether oxygens (including phenoxy) is 4. The zero-order valence-electron chi connectivity index (χ0n) is 15.6. The van der Waals surface area contributed by atoms with Crippen molar-refractivity contribution in [2.24, 2.45) is 5.92 Å². The summed E-state index contributed by atoms with van der Waals surface area (Å²) in [5.74, 6) is 0.689. The Hall–Kier alpha value is -2.93. The highest BCUT2D eigenvalue weighted by Gasteiger charge is 2.28. The molecular weight excluding hydrogens is 398 g/mol. The lowest BCUT2D eigenvalue weighted by Gasteiger charge is -2.26. The summed E-state index contributed by atoms with van der Waals surface area (Å²) in [5.41, 5.74) is 0.852. The molecule has 2 aliphatic heterocycles. The fraction of sp³-hybridized carbons (Fsp3) is 0.333. The molecule has 0 saturated heterocycles. The van der Waals surface area contributed by atoms with Gasteiger partial charge in [0.05, 0.1) is 12.5 Å². The summed E-state index contributed by atoms with van der Waals surface area (Å²) in [4.78, 5) is 24.3. The van der Waals surface area contributed by atoms with E-state index >= 15 is 0 Å². The van der Waals surface area contributed by atoms with Gasteiger partial charge in [0.1, 0.15) is 25.1 Å². The number of hydrogen-bond donors (Lipinski definition) is 1. The highest BCUT2D eigenvalue weighted by molar-refractivity contribution is 6.30. The lowest BCUT2D eigenvalue weighted by atomic mass is 9.97. The molecule has 2 atom stereocenters. The molecule has 1 N–H and O–H groups in total. The molecule has 1 amide bonds. The van der Waals surface area contributed by atoms with E-state index in [9.17, 15) is 9.59 Å². The first kappa shape index (κ1) is 19.4. The Balaban J connectivity index is 1.20. The fourth-order valence-electron chi connectivity index (χ4n) is 3.21. The third-order valence-electron chi connectivity index (χ3n) is 4.70. The zero-order valence-corrected chi connectivity index (χ0v) is 16.3. The van der Waals surface area contributed by atoms with E-state index < -0.39 is 17.8 Å². The van der Waals surface area contributed by atoms with Crippen molar-refractivity contribution in [1.29, 1.82) is 0 Å². The van der Waals surface area contributed by atoms with Crippen LogP contribution in [0.5, 0.6) is 17.2 Å². The number of benzene rings is 2. The second-order valence-electron chi connectivity index (χ2n) is 6.87. The number of carbonyl (C=O) groups is 2. The largest absolute Gasteiger partial charge is 0.492 e. The molecule has 0 fully saturated rings. The van der Waals surface area contributed by atoms with Gasteiger partial charge in [0.2, 0.25) is 0 Å². The third-order valence-corrected chi connectivity index (χ3v) is 4.94. The second kappa shape index (κ2) is 8.61. The predicted octanol–water partition coefficient (Wildman–Crippen LogP) is 2.39. The van der Waals surface area contributed by atoms with E-state index in [-0.39, 0.29) is 25.9 Å². The topological polar surface area (TPSA) is 83.1 Å². The number of esters is 1. The Morgan fingerprint density at radius 1 is 1.07 bits per heavy atom. The van der Waals surface area contributed by atoms with E-state index in [1.807, 2.05) is 24.3 Å². The van der Waals surface area contributed by atoms with Crippen LogP contribution in [0.25, 0.3) is 0 Å². The second-order valence-corrected chi connectivity index (χ2v) is 7.31. The first-order valence-electron chi connectivity index (χ1n) is 9.31. The van der Waals surface area contributed by atoms with Gasteiger partial charge in [-0.1, -0.05) is 23.7 Å². The molecule has 4 rings (SSSR count). The van der Waals surface area contributed by atoms with Crippen molar-refractivity contribution in [3.63, 3.8) is 0 Å². The van der Waals surface area contributed by atoms with E-state index in [1.54, 1.807) is 18.2 Å². The number of fused-ring (bicyclic) bond motifs is 2. The normalized spacial score (nSPS) is 19.5. The van der Waals surface area contributed by atoms with Crippen LogP contribution in [-0.4, -0.2) is 44.3 Å². The summed E-state index contributed by atoms with van der Waals surface area (Å²) in [6, 6.07) is 12.6. The molecule has 0 radical (unpaired) electrons. The van der Waals surface area contributed by atoms with Gasteiger partial charge in [-0.05, 0) is 42.3 Å². The van der Waals surface area contributed by atoms with Gasteiger partial charge < -0.3 is 24.3 Å². The zero-order chi connectivity index (χ0) is 20.2. The first-order valence-corrected chi connectivity index (χ1v) is 9.69. The first-order chi connectivity index (χ1) is 14.1. The fourth-order valence-corrected chi connectivity index (χ4v) is 3.41.